The molecule has 192 valence electrons. The Balaban J connectivity index is 1.44. The quantitative estimate of drug-likeness (QED) is 0.147. The van der Waals surface area contributed by atoms with Crippen LogP contribution in [0.4, 0.5) is 5.82 Å². The molecule has 0 bridgehead atoms. The first-order valence-corrected chi connectivity index (χ1v) is 14.5. The van der Waals surface area contributed by atoms with Gasteiger partial charge in [0.2, 0.25) is 0 Å². The zero-order valence-electron chi connectivity index (χ0n) is 20.0. The fraction of sp³-hybridized carbons (Fsp3) is 0.429. The summed E-state index contributed by atoms with van der Waals surface area (Å²) in [5, 5.41) is 0.666. The zero-order valence-corrected chi connectivity index (χ0v) is 21.8. The third kappa shape index (κ3) is 5.07. The molecular formula is C21H27BN5O7PS. The number of nitrogens with two attached hydrogens (primary N) is 1. The van der Waals surface area contributed by atoms with Crippen LogP contribution in [0.25, 0.3) is 11.2 Å². The number of nitrogen functional groups attached to an aromatic ring is 1. The molecule has 4 heterocycles. The van der Waals surface area contributed by atoms with Gasteiger partial charge in [0.05, 0.1) is 0 Å². The van der Waals surface area contributed by atoms with Crippen molar-refractivity contribution in [1.29, 1.82) is 0 Å². The molecule has 5 rings (SSSR count). The predicted octanol–water partition coefficient (Wildman–Crippen LogP) is 1.61. The van der Waals surface area contributed by atoms with E-state index in [2.05, 4.69) is 22.1 Å². The van der Waals surface area contributed by atoms with Crippen LogP contribution < -0.4 is 5.73 Å². The molecule has 36 heavy (non-hydrogen) atoms. The summed E-state index contributed by atoms with van der Waals surface area (Å²) in [6, 6.07) is 10.1. The Hall–Kier alpha value is -2.32. The Morgan fingerprint density at radius 1 is 1.33 bits per heavy atom. The second-order valence-electron chi connectivity index (χ2n) is 8.39. The van der Waals surface area contributed by atoms with Crippen LogP contribution in [0.3, 0.4) is 0 Å². The zero-order chi connectivity index (χ0) is 25.3. The van der Waals surface area contributed by atoms with Crippen molar-refractivity contribution in [1.82, 2.24) is 19.5 Å². The number of carbonyl (C=O) groups is 1. The normalized spacial score (nSPS) is 25.9. The summed E-state index contributed by atoms with van der Waals surface area (Å²) in [6.45, 7) is 1.29. The van der Waals surface area contributed by atoms with E-state index in [-0.39, 0.29) is 19.2 Å². The molecular weight excluding hydrogens is 508 g/mol. The summed E-state index contributed by atoms with van der Waals surface area (Å²) in [5.74, 6) is 0.515. The molecule has 4 atom stereocenters. The van der Waals surface area contributed by atoms with E-state index in [9.17, 15) is 4.79 Å². The van der Waals surface area contributed by atoms with E-state index in [0.717, 1.165) is 5.56 Å². The van der Waals surface area contributed by atoms with Gasteiger partial charge >= 0.3 is 213 Å². The summed E-state index contributed by atoms with van der Waals surface area (Å²) >= 11 is 1.54. The molecule has 3 aromatic rings. The number of esters is 1. The fourth-order valence-corrected chi connectivity index (χ4v) is 6.93. The molecule has 2 fully saturated rings. The molecule has 0 saturated carbocycles. The van der Waals surface area contributed by atoms with Crippen LogP contribution in [0.5, 0.6) is 0 Å². The Kier molecular flexibility index (Phi) is 7.45. The van der Waals surface area contributed by atoms with E-state index >= 15 is 0 Å². The average Bonchev–Trinajstić information content (AvgIpc) is 3.40. The number of thioether (sulfide) groups is 1. The van der Waals surface area contributed by atoms with Crippen LogP contribution in [0.15, 0.2) is 41.8 Å². The number of fused-ring (bicyclic) bond motifs is 2. The van der Waals surface area contributed by atoms with Gasteiger partial charge in [-0.2, -0.15) is 0 Å². The minimum atomic E-state index is -3.11. The van der Waals surface area contributed by atoms with Gasteiger partial charge in [0.25, 0.3) is 0 Å². The number of nitrogens with zero attached hydrogens (tertiary/aromatic N) is 4. The second kappa shape index (κ2) is 10.6. The molecule has 12 nitrogen and oxygen atoms in total. The van der Waals surface area contributed by atoms with Gasteiger partial charge in [-0.3, -0.25) is 0 Å². The van der Waals surface area contributed by atoms with Crippen molar-refractivity contribution >= 4 is 50.1 Å². The molecule has 0 radical (unpaired) electrons. The first-order valence-electron chi connectivity index (χ1n) is 11.3. The predicted molar refractivity (Wildman–Crippen MR) is 136 cm³/mol. The van der Waals surface area contributed by atoms with E-state index in [1.807, 2.05) is 22.8 Å². The third-order valence-corrected chi connectivity index (χ3v) is 9.00. The minimum absolute atomic E-state index is 0.236. The number of methoxy groups -OCH3 is 1. The number of anilines is 1. The molecule has 2 N–H and O–H groups in total. The maximum absolute atomic E-state index is 11.1. The summed E-state index contributed by atoms with van der Waals surface area (Å²) in [5.41, 5.74) is 8.30. The van der Waals surface area contributed by atoms with Crippen molar-refractivity contribution < 1.29 is 32.6 Å². The van der Waals surface area contributed by atoms with Crippen molar-refractivity contribution in [2.75, 3.05) is 26.2 Å². The van der Waals surface area contributed by atoms with Crippen molar-refractivity contribution in [2.24, 2.45) is 0 Å². The van der Waals surface area contributed by atoms with Crippen LogP contribution in [0.2, 0.25) is 0 Å². The van der Waals surface area contributed by atoms with Crippen LogP contribution in [-0.4, -0.2) is 71.9 Å². The van der Waals surface area contributed by atoms with Gasteiger partial charge in [-0.1, -0.05) is 0 Å². The number of benzene rings is 1. The fourth-order valence-electron chi connectivity index (χ4n) is 4.21. The van der Waals surface area contributed by atoms with Crippen LogP contribution in [0.1, 0.15) is 18.7 Å². The number of imidazole rings is 1. The van der Waals surface area contributed by atoms with Gasteiger partial charge in [-0.15, -0.1) is 0 Å². The van der Waals surface area contributed by atoms with Gasteiger partial charge in [-0.25, -0.2) is 0 Å². The molecule has 2 aliphatic heterocycles. The number of rotatable bonds is 8. The van der Waals surface area contributed by atoms with E-state index in [0.29, 0.717) is 22.1 Å². The van der Waals surface area contributed by atoms with Crippen molar-refractivity contribution in [3.05, 3.63) is 42.2 Å². The molecule has 1 aromatic carbocycles. The molecule has 2 aliphatic rings. The number of hydrogen-bond acceptors (Lipinski definition) is 12. The van der Waals surface area contributed by atoms with Crippen molar-refractivity contribution in [3.8, 4) is 0 Å². The van der Waals surface area contributed by atoms with Gasteiger partial charge in [0.15, 0.2) is 0 Å². The Bertz CT molecular complexity index is 1240. The second-order valence-corrected chi connectivity index (χ2v) is 11.9. The van der Waals surface area contributed by atoms with Crippen LogP contribution >= 0.6 is 19.6 Å². The average molecular weight is 535 g/mol. The van der Waals surface area contributed by atoms with Crippen molar-refractivity contribution in [2.45, 2.75) is 42.4 Å². The van der Waals surface area contributed by atoms with Crippen LogP contribution in [-0.2, 0) is 38.3 Å². The van der Waals surface area contributed by atoms with E-state index in [1.165, 1.54) is 25.0 Å². The number of hydrogen-bond donors (Lipinski definition) is 1. The van der Waals surface area contributed by atoms with E-state index in [1.54, 1.807) is 14.7 Å². The summed E-state index contributed by atoms with van der Waals surface area (Å²) < 4.78 is 37.0. The standard InChI is InChI=1S/C21H27BN5O7PS/c1-12(28)30-11-32-35(22)31-8-14-16(34-35)17(29-2)20(33-14)27-19-15(18(23)24-10-25-19)26-21(27)36-9-13-6-4-3-5-7-13/h3-7,10,14,16-17,20,35H,8-9,11,22H2,1-2H3,(H2,23,24,25)/t14-,16-,17?,20-/m1/s1. The molecule has 0 spiro atoms. The van der Waals surface area contributed by atoms with Crippen LogP contribution in [0, 0.1) is 0 Å². The molecule has 0 amide bonds. The van der Waals surface area contributed by atoms with Crippen molar-refractivity contribution in [3.63, 3.8) is 0 Å². The Morgan fingerprint density at radius 3 is 2.89 bits per heavy atom. The SMILES string of the molecule is B[PH]1(OCOC(C)=O)OC[C@H]2O[C@@H](n3c(SCc4ccccc4)nc4c(N)ncnc43)C(OC)[C@@H]2O1. The topological polar surface area (TPSA) is 142 Å². The third-order valence-electron chi connectivity index (χ3n) is 5.94. The van der Waals surface area contributed by atoms with Gasteiger partial charge < -0.3 is 0 Å². The molecule has 0 aliphatic carbocycles. The monoisotopic (exact) mass is 535 g/mol. The number of ether oxygens (including phenoxy) is 3. The van der Waals surface area contributed by atoms with Gasteiger partial charge in [0.1, 0.15) is 0 Å². The first-order chi connectivity index (χ1) is 17.4. The number of carbonyl (C=O) groups excluding carboxylic acids is 1. The van der Waals surface area contributed by atoms with E-state index in [4.69, 9.17) is 38.5 Å². The maximum atomic E-state index is 11.1. The molecule has 2 saturated heterocycles. The van der Waals surface area contributed by atoms with E-state index < -0.39 is 38.3 Å². The molecule has 2 aromatic heterocycles. The Labute approximate surface area is 213 Å². The first kappa shape index (κ1) is 25.3. The summed E-state index contributed by atoms with van der Waals surface area (Å²) in [6.07, 6.45) is -0.630. The van der Waals surface area contributed by atoms with Gasteiger partial charge in [-0.05, 0) is 0 Å². The summed E-state index contributed by atoms with van der Waals surface area (Å²) in [4.78, 5) is 24.4. The number of aromatic nitrogens is 4. The summed E-state index contributed by atoms with van der Waals surface area (Å²) in [7, 11) is 0.232. The van der Waals surface area contributed by atoms with Gasteiger partial charge in [0, 0.05) is 0 Å². The molecule has 15 heteroatoms. The molecule has 1 unspecified atom stereocenters. The Morgan fingerprint density at radius 2 is 2.14 bits per heavy atom.